The molecule has 0 spiro atoms. The first kappa shape index (κ1) is 12.9. The van der Waals surface area contributed by atoms with Crippen LogP contribution in [0.1, 0.15) is 6.92 Å². The third kappa shape index (κ3) is 3.72. The summed E-state index contributed by atoms with van der Waals surface area (Å²) in [5.74, 6) is 0. The van der Waals surface area contributed by atoms with Crippen LogP contribution in [-0.4, -0.2) is 80.7 Å². The summed E-state index contributed by atoms with van der Waals surface area (Å²) in [6.07, 6.45) is 0. The molecule has 2 unspecified atom stereocenters. The van der Waals surface area contributed by atoms with Crippen molar-refractivity contribution in [2.45, 2.75) is 19.0 Å². The van der Waals surface area contributed by atoms with E-state index in [0.717, 1.165) is 32.7 Å². The van der Waals surface area contributed by atoms with Gasteiger partial charge < -0.3 is 15.5 Å². The van der Waals surface area contributed by atoms with Crippen molar-refractivity contribution in [2.24, 2.45) is 5.73 Å². The van der Waals surface area contributed by atoms with E-state index in [0.29, 0.717) is 12.1 Å². The highest BCUT2D eigenvalue weighted by Gasteiger charge is 2.28. The van der Waals surface area contributed by atoms with E-state index in [1.54, 1.807) is 0 Å². The highest BCUT2D eigenvalue weighted by atomic mass is 15.3. The molecule has 2 atom stereocenters. The maximum Gasteiger partial charge on any atom is 0.0349 e. The Bertz CT molecular complexity index is 183. The molecule has 1 rings (SSSR count). The van der Waals surface area contributed by atoms with Crippen molar-refractivity contribution in [3.05, 3.63) is 0 Å². The van der Waals surface area contributed by atoms with Crippen LogP contribution in [0.15, 0.2) is 0 Å². The van der Waals surface area contributed by atoms with Crippen LogP contribution in [0.4, 0.5) is 0 Å². The fourth-order valence-electron chi connectivity index (χ4n) is 2.38. The minimum Gasteiger partial charge on any atom is -0.329 e. The summed E-state index contributed by atoms with van der Waals surface area (Å²) in [5.41, 5.74) is 5.84. The van der Waals surface area contributed by atoms with Gasteiger partial charge >= 0.3 is 0 Å². The van der Waals surface area contributed by atoms with Gasteiger partial charge in [-0.1, -0.05) is 0 Å². The lowest BCUT2D eigenvalue weighted by Gasteiger charge is -2.44. The first-order chi connectivity index (χ1) is 7.04. The van der Waals surface area contributed by atoms with Crippen LogP contribution in [-0.2, 0) is 0 Å². The molecule has 4 nitrogen and oxygen atoms in total. The second-order valence-electron chi connectivity index (χ2n) is 5.00. The molecule has 1 fully saturated rings. The number of rotatable bonds is 4. The molecule has 0 aromatic heterocycles. The van der Waals surface area contributed by atoms with E-state index < -0.39 is 0 Å². The maximum absolute atomic E-state index is 5.84. The highest BCUT2D eigenvalue weighted by Crippen LogP contribution is 2.13. The molecule has 0 bridgehead atoms. The predicted molar refractivity (Wildman–Crippen MR) is 65.1 cm³/mol. The van der Waals surface area contributed by atoms with Crippen LogP contribution in [0.5, 0.6) is 0 Å². The van der Waals surface area contributed by atoms with E-state index in [2.05, 4.69) is 42.8 Å². The molecule has 0 radical (unpaired) electrons. The summed E-state index contributed by atoms with van der Waals surface area (Å²) in [6, 6.07) is 1.15. The highest BCUT2D eigenvalue weighted by molar-refractivity contribution is 4.86. The van der Waals surface area contributed by atoms with Crippen molar-refractivity contribution in [3.8, 4) is 0 Å². The Morgan fingerprint density at radius 3 is 2.53 bits per heavy atom. The molecule has 0 aliphatic carbocycles. The van der Waals surface area contributed by atoms with Gasteiger partial charge in [-0.2, -0.15) is 0 Å². The van der Waals surface area contributed by atoms with Gasteiger partial charge in [0.1, 0.15) is 0 Å². The Kier molecular flexibility index (Phi) is 4.99. The third-order valence-corrected chi connectivity index (χ3v) is 3.21. The van der Waals surface area contributed by atoms with Gasteiger partial charge in [0.2, 0.25) is 0 Å². The van der Waals surface area contributed by atoms with Crippen molar-refractivity contribution in [1.82, 2.24) is 14.7 Å². The van der Waals surface area contributed by atoms with Crippen molar-refractivity contribution >= 4 is 0 Å². The second-order valence-corrected chi connectivity index (χ2v) is 5.00. The zero-order valence-corrected chi connectivity index (χ0v) is 10.6. The van der Waals surface area contributed by atoms with Crippen LogP contribution in [0.25, 0.3) is 0 Å². The SMILES string of the molecule is CC1CN(C)CC(CN)N1CCN(C)C. The van der Waals surface area contributed by atoms with Crippen molar-refractivity contribution in [3.63, 3.8) is 0 Å². The molecule has 0 saturated carbocycles. The summed E-state index contributed by atoms with van der Waals surface area (Å²) >= 11 is 0. The standard InChI is InChI=1S/C11H26N4/c1-10-8-14(4)9-11(7-12)15(10)6-5-13(2)3/h10-11H,5-9,12H2,1-4H3. The smallest absolute Gasteiger partial charge is 0.0349 e. The quantitative estimate of drug-likeness (QED) is 0.685. The van der Waals surface area contributed by atoms with Gasteiger partial charge in [0.15, 0.2) is 0 Å². The first-order valence-corrected chi connectivity index (χ1v) is 5.83. The molecule has 1 aliphatic rings. The fraction of sp³-hybridized carbons (Fsp3) is 1.00. The van der Waals surface area contributed by atoms with Crippen LogP contribution < -0.4 is 5.73 Å². The third-order valence-electron chi connectivity index (χ3n) is 3.21. The monoisotopic (exact) mass is 214 g/mol. The molecule has 0 amide bonds. The number of likely N-dealkylation sites (N-methyl/N-ethyl adjacent to an activating group) is 2. The normalized spacial score (nSPS) is 30.0. The van der Waals surface area contributed by atoms with E-state index >= 15 is 0 Å². The zero-order valence-electron chi connectivity index (χ0n) is 10.6. The van der Waals surface area contributed by atoms with Crippen LogP contribution >= 0.6 is 0 Å². The zero-order chi connectivity index (χ0) is 11.4. The van der Waals surface area contributed by atoms with Gasteiger partial charge in [0.05, 0.1) is 0 Å². The van der Waals surface area contributed by atoms with E-state index in [-0.39, 0.29) is 0 Å². The summed E-state index contributed by atoms with van der Waals surface area (Å²) in [5, 5.41) is 0. The number of piperazine rings is 1. The Balaban J connectivity index is 2.50. The second kappa shape index (κ2) is 5.80. The molecule has 0 aromatic carbocycles. The van der Waals surface area contributed by atoms with E-state index in [4.69, 9.17) is 5.73 Å². The van der Waals surface area contributed by atoms with Gasteiger partial charge in [0, 0.05) is 44.8 Å². The molecule has 90 valence electrons. The Morgan fingerprint density at radius 2 is 2.00 bits per heavy atom. The average molecular weight is 214 g/mol. The van der Waals surface area contributed by atoms with Crippen molar-refractivity contribution in [2.75, 3.05) is 53.9 Å². The predicted octanol–water partition coefficient (Wildman–Crippen LogP) is -0.489. The van der Waals surface area contributed by atoms with Crippen LogP contribution in [0.3, 0.4) is 0 Å². The minimum absolute atomic E-state index is 0.527. The van der Waals surface area contributed by atoms with E-state index in [9.17, 15) is 0 Å². The van der Waals surface area contributed by atoms with E-state index in [1.165, 1.54) is 0 Å². The number of nitrogens with zero attached hydrogens (tertiary/aromatic N) is 3. The van der Waals surface area contributed by atoms with Crippen LogP contribution in [0, 0.1) is 0 Å². The molecular formula is C11H26N4. The lowest BCUT2D eigenvalue weighted by atomic mass is 10.1. The van der Waals surface area contributed by atoms with Gasteiger partial charge in [-0.3, -0.25) is 4.90 Å². The largest absolute Gasteiger partial charge is 0.329 e. The van der Waals surface area contributed by atoms with E-state index in [1.807, 2.05) is 0 Å². The average Bonchev–Trinajstić information content (AvgIpc) is 2.14. The molecule has 0 aromatic rings. The minimum atomic E-state index is 0.527. The van der Waals surface area contributed by atoms with Crippen molar-refractivity contribution in [1.29, 1.82) is 0 Å². The molecule has 1 heterocycles. The first-order valence-electron chi connectivity index (χ1n) is 5.83. The number of nitrogens with two attached hydrogens (primary N) is 1. The summed E-state index contributed by atoms with van der Waals surface area (Å²) in [6.45, 7) is 7.57. The topological polar surface area (TPSA) is 35.7 Å². The lowest BCUT2D eigenvalue weighted by Crippen LogP contribution is -2.60. The maximum atomic E-state index is 5.84. The van der Waals surface area contributed by atoms with Gasteiger partial charge in [-0.15, -0.1) is 0 Å². The Morgan fingerprint density at radius 1 is 1.33 bits per heavy atom. The number of hydrogen-bond donors (Lipinski definition) is 1. The molecule has 1 saturated heterocycles. The summed E-state index contributed by atoms with van der Waals surface area (Å²) in [7, 11) is 6.43. The summed E-state index contributed by atoms with van der Waals surface area (Å²) in [4.78, 5) is 7.17. The molecule has 15 heavy (non-hydrogen) atoms. The number of hydrogen-bond acceptors (Lipinski definition) is 4. The lowest BCUT2D eigenvalue weighted by molar-refractivity contribution is 0.0430. The van der Waals surface area contributed by atoms with Gasteiger partial charge in [0.25, 0.3) is 0 Å². The van der Waals surface area contributed by atoms with Crippen molar-refractivity contribution < 1.29 is 0 Å². The molecule has 2 N–H and O–H groups in total. The van der Waals surface area contributed by atoms with Crippen LogP contribution in [0.2, 0.25) is 0 Å². The van der Waals surface area contributed by atoms with Gasteiger partial charge in [-0.05, 0) is 28.1 Å². The summed E-state index contributed by atoms with van der Waals surface area (Å²) < 4.78 is 0. The fourth-order valence-corrected chi connectivity index (χ4v) is 2.38. The molecule has 4 heteroatoms. The molecule has 1 aliphatic heterocycles. The molecular weight excluding hydrogens is 188 g/mol. The Hall–Kier alpha value is -0.160. The Labute approximate surface area is 94.0 Å². The van der Waals surface area contributed by atoms with Gasteiger partial charge in [-0.25, -0.2) is 0 Å².